The van der Waals surface area contributed by atoms with Crippen LogP contribution in [-0.2, 0) is 29.1 Å². The number of aliphatic carboxylic acids is 1. The third kappa shape index (κ3) is 11.1. The highest BCUT2D eigenvalue weighted by atomic mass is 32.2. The van der Waals surface area contributed by atoms with E-state index in [0.29, 0.717) is 53.1 Å². The second-order valence-corrected chi connectivity index (χ2v) is 22.1. The van der Waals surface area contributed by atoms with Crippen molar-refractivity contribution in [1.82, 2.24) is 29.8 Å². The number of nitrogens with one attached hydrogen (secondary N) is 3. The molecule has 6 atom stereocenters. The number of methoxy groups -OCH3 is 1. The molecule has 2 aromatic heterocycles. The summed E-state index contributed by atoms with van der Waals surface area (Å²) < 4.78 is 45.3. The van der Waals surface area contributed by atoms with Crippen LogP contribution in [0.1, 0.15) is 93.4 Å². The number of hydrogen-bond donors (Lipinski definition) is 4. The number of carbonyl (C=O) groups is 4. The summed E-state index contributed by atoms with van der Waals surface area (Å²) in [5.74, 6) is -1.76. The van der Waals surface area contributed by atoms with E-state index in [-0.39, 0.29) is 38.4 Å². The number of allylic oxidation sites excluding steroid dienone is 1. The highest BCUT2D eigenvalue weighted by Crippen LogP contribution is 2.46. The molecule has 0 radical (unpaired) electrons. The molecule has 4 heterocycles. The number of sulfonamides is 1. The van der Waals surface area contributed by atoms with Crippen LogP contribution in [0.15, 0.2) is 41.8 Å². The number of rotatable bonds is 13. The molecule has 3 aromatic rings. The molecule has 350 valence electrons. The molecule has 4 N–H and O–H groups in total. The number of carboxylic acids is 1. The molecular formula is C45H63N7O10S2. The standard InChI is InChI=1S/C45H63N7O10S2/c1-26(2)46-42-48-35(25-63-42)34-21-37(31-18-17-29(60-9)19-33(31)47-34)61-30-20-36-39(53)50-45(41(55)56)22-28(45)15-13-11-10-12-14-16-32(40(54)52(36)23-30)49-43(57)62-38(44(5,6)7)24-51(8)64(58,59)27(3)4/h13,15,17-19,21,25-28,30,32,36,38H,10-12,14,16,20,22-24H2,1-9H3,(H,46,48)(H,49,57)(H,50,53)(H,55,56)/b15-13-/t28?,30-,32+,36+,38?,45-/m1/s1. The second kappa shape index (κ2) is 19.6. The molecule has 2 fully saturated rings. The number of hydrogen-bond acceptors (Lipinski definition) is 13. The summed E-state index contributed by atoms with van der Waals surface area (Å²) in [4.78, 5) is 66.8. The van der Waals surface area contributed by atoms with Gasteiger partial charge < -0.3 is 40.2 Å². The molecule has 6 rings (SSSR count). The Labute approximate surface area is 379 Å². The van der Waals surface area contributed by atoms with Crippen LogP contribution < -0.4 is 25.4 Å². The van der Waals surface area contributed by atoms with Crippen LogP contribution in [-0.4, -0.2) is 125 Å². The minimum atomic E-state index is -3.67. The van der Waals surface area contributed by atoms with Gasteiger partial charge in [-0.15, -0.1) is 11.3 Å². The maximum absolute atomic E-state index is 14.9. The van der Waals surface area contributed by atoms with E-state index in [4.69, 9.17) is 24.2 Å². The van der Waals surface area contributed by atoms with Crippen molar-refractivity contribution in [1.29, 1.82) is 0 Å². The van der Waals surface area contributed by atoms with Crippen molar-refractivity contribution in [3.8, 4) is 22.9 Å². The van der Waals surface area contributed by atoms with Gasteiger partial charge in [0.05, 0.1) is 36.7 Å². The first kappa shape index (κ1) is 48.4. The summed E-state index contributed by atoms with van der Waals surface area (Å²) in [6.07, 6.45) is 4.39. The van der Waals surface area contributed by atoms with Crippen LogP contribution in [0, 0.1) is 11.3 Å². The molecule has 3 aliphatic rings. The second-order valence-electron chi connectivity index (χ2n) is 18.7. The monoisotopic (exact) mass is 925 g/mol. The Kier molecular flexibility index (Phi) is 14.8. The van der Waals surface area contributed by atoms with Gasteiger partial charge in [-0.1, -0.05) is 45.8 Å². The van der Waals surface area contributed by atoms with Crippen molar-refractivity contribution in [3.63, 3.8) is 0 Å². The molecule has 1 aliphatic carbocycles. The lowest BCUT2D eigenvalue weighted by Gasteiger charge is -2.34. The number of nitrogens with zero attached hydrogens (tertiary/aromatic N) is 4. The van der Waals surface area contributed by atoms with Gasteiger partial charge >= 0.3 is 12.1 Å². The van der Waals surface area contributed by atoms with E-state index in [1.54, 1.807) is 39.2 Å². The van der Waals surface area contributed by atoms with Crippen molar-refractivity contribution < 1.29 is 46.9 Å². The molecule has 19 heteroatoms. The van der Waals surface area contributed by atoms with E-state index in [2.05, 4.69) is 16.0 Å². The normalized spacial score (nSPS) is 24.3. The molecule has 2 aliphatic heterocycles. The lowest BCUT2D eigenvalue weighted by Crippen LogP contribution is -2.56. The zero-order valence-electron chi connectivity index (χ0n) is 38.2. The lowest BCUT2D eigenvalue weighted by atomic mass is 9.89. The van der Waals surface area contributed by atoms with Crippen LogP contribution in [0.2, 0.25) is 0 Å². The molecule has 1 saturated heterocycles. The number of aromatic nitrogens is 2. The Morgan fingerprint density at radius 2 is 1.84 bits per heavy atom. The first-order valence-corrected chi connectivity index (χ1v) is 24.3. The number of anilines is 1. The first-order valence-electron chi connectivity index (χ1n) is 22.0. The zero-order valence-corrected chi connectivity index (χ0v) is 39.8. The highest BCUT2D eigenvalue weighted by molar-refractivity contribution is 7.89. The molecule has 0 spiro atoms. The SMILES string of the molecule is COc1ccc2c(O[C@@H]3C[C@H]4C(=O)N[C@]5(C(=O)O)CC5/C=C\CCCCC[C@H](NC(=O)OC(CN(C)S(=O)(=O)C(C)C)C(C)(C)C)C(=O)N4C3)cc(-c3csc(NC(C)C)n3)nc2c1. The predicted octanol–water partition coefficient (Wildman–Crippen LogP) is 6.19. The molecule has 3 amide bonds. The minimum absolute atomic E-state index is 0.0160. The van der Waals surface area contributed by atoms with Crippen molar-refractivity contribution in [2.75, 3.05) is 32.6 Å². The third-order valence-corrected chi connectivity index (χ3v) is 15.0. The fourth-order valence-corrected chi connectivity index (χ4v) is 9.97. The van der Waals surface area contributed by atoms with Crippen LogP contribution in [0.25, 0.3) is 22.3 Å². The van der Waals surface area contributed by atoms with Crippen molar-refractivity contribution >= 4 is 61.3 Å². The molecule has 0 bridgehead atoms. The number of amides is 3. The number of likely N-dealkylation sites (N-methyl/N-ethyl adjacent to an activating group) is 1. The predicted molar refractivity (Wildman–Crippen MR) is 245 cm³/mol. The Balaban J connectivity index is 1.32. The van der Waals surface area contributed by atoms with Gasteiger partial charge in [0.25, 0.3) is 0 Å². The first-order chi connectivity index (χ1) is 30.1. The molecule has 1 aromatic carbocycles. The largest absolute Gasteiger partial charge is 0.497 e. The van der Waals surface area contributed by atoms with Crippen molar-refractivity contribution in [3.05, 3.63) is 41.8 Å². The quantitative estimate of drug-likeness (QED) is 0.141. The number of alkyl carbamates (subject to hydrolysis) is 1. The number of carbonyl (C=O) groups excluding carboxylic acids is 3. The van der Waals surface area contributed by atoms with Gasteiger partial charge in [-0.2, -0.15) is 0 Å². The third-order valence-electron chi connectivity index (χ3n) is 12.0. The minimum Gasteiger partial charge on any atom is -0.497 e. The Morgan fingerprint density at radius 3 is 2.52 bits per heavy atom. The number of thiazole rings is 1. The lowest BCUT2D eigenvalue weighted by molar-refractivity contribution is -0.145. The smallest absolute Gasteiger partial charge is 0.408 e. The summed E-state index contributed by atoms with van der Waals surface area (Å²) in [6, 6.07) is 5.04. The number of carboxylic acid groups (broad SMARTS) is 1. The van der Waals surface area contributed by atoms with Gasteiger partial charge in [0.1, 0.15) is 47.0 Å². The summed E-state index contributed by atoms with van der Waals surface area (Å²) in [6.45, 7) is 12.5. The van der Waals surface area contributed by atoms with E-state index in [0.717, 1.165) is 11.6 Å². The average molecular weight is 926 g/mol. The van der Waals surface area contributed by atoms with Gasteiger partial charge in [-0.3, -0.25) is 9.59 Å². The highest BCUT2D eigenvalue weighted by Gasteiger charge is 2.61. The number of ether oxygens (including phenoxy) is 3. The fraction of sp³-hybridized carbons (Fsp3) is 0.600. The van der Waals surface area contributed by atoms with E-state index >= 15 is 0 Å². The maximum Gasteiger partial charge on any atom is 0.408 e. The molecule has 2 unspecified atom stereocenters. The van der Waals surface area contributed by atoms with E-state index < -0.39 is 80.3 Å². The Bertz CT molecular complexity index is 2350. The van der Waals surface area contributed by atoms with Crippen molar-refractivity contribution in [2.24, 2.45) is 11.3 Å². The fourth-order valence-electron chi connectivity index (χ4n) is 8.05. The Hall–Kier alpha value is -5.01. The van der Waals surface area contributed by atoms with E-state index in [1.807, 2.05) is 58.2 Å². The number of pyridine rings is 1. The van der Waals surface area contributed by atoms with Gasteiger partial charge in [-0.25, -0.2) is 32.3 Å². The van der Waals surface area contributed by atoms with Crippen molar-refractivity contribution in [2.45, 2.75) is 135 Å². The summed E-state index contributed by atoms with van der Waals surface area (Å²) in [5.41, 5.74) is -0.486. The van der Waals surface area contributed by atoms with Crippen LogP contribution >= 0.6 is 11.3 Å². The van der Waals surface area contributed by atoms with E-state index in [9.17, 15) is 32.7 Å². The maximum atomic E-state index is 14.9. The average Bonchev–Trinajstić information content (AvgIpc) is 3.48. The molecule has 17 nitrogen and oxygen atoms in total. The molecule has 1 saturated carbocycles. The number of benzene rings is 1. The summed E-state index contributed by atoms with van der Waals surface area (Å²) in [5, 5.41) is 21.8. The Morgan fingerprint density at radius 1 is 1.09 bits per heavy atom. The number of fused-ring (bicyclic) bond motifs is 3. The summed E-state index contributed by atoms with van der Waals surface area (Å²) in [7, 11) is -0.666. The van der Waals surface area contributed by atoms with Gasteiger partial charge in [0.2, 0.25) is 21.8 Å². The van der Waals surface area contributed by atoms with Gasteiger partial charge in [0, 0.05) is 53.7 Å². The van der Waals surface area contributed by atoms with E-state index in [1.165, 1.54) is 27.6 Å². The van der Waals surface area contributed by atoms with Crippen LogP contribution in [0.5, 0.6) is 11.5 Å². The van der Waals surface area contributed by atoms with Crippen LogP contribution in [0.4, 0.5) is 9.93 Å². The molecule has 64 heavy (non-hydrogen) atoms. The zero-order chi connectivity index (χ0) is 46.7. The van der Waals surface area contributed by atoms with Crippen LogP contribution in [0.3, 0.4) is 0 Å². The molecular weight excluding hydrogens is 863 g/mol. The topological polar surface area (TPSA) is 219 Å². The summed E-state index contributed by atoms with van der Waals surface area (Å²) >= 11 is 1.44. The van der Waals surface area contributed by atoms with Gasteiger partial charge in [0.15, 0.2) is 5.13 Å². The van der Waals surface area contributed by atoms with Gasteiger partial charge in [-0.05, 0) is 65.5 Å².